The maximum absolute atomic E-state index is 14.7. The van der Waals surface area contributed by atoms with Gasteiger partial charge in [0.15, 0.2) is 4.80 Å². The number of thiazole rings is 1. The van der Waals surface area contributed by atoms with Crippen LogP contribution >= 0.6 is 23.1 Å². The summed E-state index contributed by atoms with van der Waals surface area (Å²) >= 11 is 1.75. The van der Waals surface area contributed by atoms with Crippen molar-refractivity contribution in [2.45, 2.75) is 50.9 Å². The quantitative estimate of drug-likeness (QED) is 0.273. The molecular formula is C18H19F7N2S2. The topological polar surface area (TPSA) is 17.3 Å². The van der Waals surface area contributed by atoms with E-state index in [4.69, 9.17) is 0 Å². The second-order valence-corrected chi connectivity index (χ2v) is 8.63. The van der Waals surface area contributed by atoms with E-state index < -0.39 is 30.3 Å². The number of thioether (sulfide) groups is 1. The third-order valence-corrected chi connectivity index (χ3v) is 6.34. The van der Waals surface area contributed by atoms with Gasteiger partial charge < -0.3 is 0 Å². The van der Waals surface area contributed by atoms with E-state index in [1.165, 1.54) is 28.9 Å². The zero-order valence-electron chi connectivity index (χ0n) is 15.8. The monoisotopic (exact) mass is 460 g/mol. The van der Waals surface area contributed by atoms with Gasteiger partial charge in [-0.2, -0.15) is 26.3 Å². The Balaban J connectivity index is 2.43. The van der Waals surface area contributed by atoms with Crippen molar-refractivity contribution >= 4 is 23.1 Å². The van der Waals surface area contributed by atoms with Gasteiger partial charge in [0, 0.05) is 28.4 Å². The standard InChI is InChI=1S/C18H19F7N2S2/c1-10-7-13(19)14(8-15(10)28-9-18(23,24)25)27-11(2)12(3)29-16(27)26-6-4-5-17(20,21)22/h7-8H,4-6,9H2,1-3H3. The van der Waals surface area contributed by atoms with Crippen molar-refractivity contribution in [3.8, 4) is 5.69 Å². The highest BCUT2D eigenvalue weighted by molar-refractivity contribution is 7.99. The smallest absolute Gasteiger partial charge is 0.287 e. The van der Waals surface area contributed by atoms with E-state index in [0.717, 1.165) is 10.9 Å². The highest BCUT2D eigenvalue weighted by Gasteiger charge is 2.28. The minimum absolute atomic E-state index is 0.0247. The van der Waals surface area contributed by atoms with Crippen molar-refractivity contribution in [2.75, 3.05) is 12.3 Å². The van der Waals surface area contributed by atoms with Crippen molar-refractivity contribution in [3.05, 3.63) is 38.9 Å². The summed E-state index contributed by atoms with van der Waals surface area (Å²) in [6.45, 7) is 4.88. The Morgan fingerprint density at radius 3 is 2.28 bits per heavy atom. The number of hydrogen-bond donors (Lipinski definition) is 0. The number of nitrogens with zero attached hydrogens (tertiary/aromatic N) is 2. The third kappa shape index (κ3) is 6.77. The van der Waals surface area contributed by atoms with Crippen LogP contribution in [-0.2, 0) is 0 Å². The van der Waals surface area contributed by atoms with Gasteiger partial charge in [0.25, 0.3) is 0 Å². The molecule has 1 heterocycles. The van der Waals surface area contributed by atoms with E-state index in [0.29, 0.717) is 27.8 Å². The Bertz CT molecular complexity index is 924. The summed E-state index contributed by atoms with van der Waals surface area (Å²) < 4.78 is 90.8. The van der Waals surface area contributed by atoms with Crippen LogP contribution in [0.4, 0.5) is 30.7 Å². The molecule has 11 heteroatoms. The molecule has 0 radical (unpaired) electrons. The summed E-state index contributed by atoms with van der Waals surface area (Å²) in [5, 5.41) is 0. The molecule has 1 aromatic carbocycles. The molecule has 0 aliphatic carbocycles. The van der Waals surface area contributed by atoms with Gasteiger partial charge in [-0.25, -0.2) is 4.39 Å². The second-order valence-electron chi connectivity index (χ2n) is 6.44. The number of aryl methyl sites for hydroxylation is 2. The minimum atomic E-state index is -4.37. The van der Waals surface area contributed by atoms with Gasteiger partial charge in [0.2, 0.25) is 0 Å². The zero-order chi connectivity index (χ0) is 22.0. The summed E-state index contributed by atoms with van der Waals surface area (Å²) in [7, 11) is 0. The lowest BCUT2D eigenvalue weighted by atomic mass is 10.2. The van der Waals surface area contributed by atoms with Gasteiger partial charge in [0.05, 0.1) is 11.4 Å². The Kier molecular flexibility index (Phi) is 7.47. The van der Waals surface area contributed by atoms with E-state index in [2.05, 4.69) is 4.99 Å². The van der Waals surface area contributed by atoms with Crippen molar-refractivity contribution in [1.29, 1.82) is 0 Å². The van der Waals surface area contributed by atoms with Gasteiger partial charge in [-0.05, 0) is 44.9 Å². The maximum atomic E-state index is 14.7. The molecule has 0 saturated carbocycles. The molecule has 0 saturated heterocycles. The van der Waals surface area contributed by atoms with Gasteiger partial charge in [-0.1, -0.05) is 0 Å². The number of rotatable bonds is 6. The molecule has 2 rings (SSSR count). The lowest BCUT2D eigenvalue weighted by Crippen LogP contribution is -2.17. The Morgan fingerprint density at radius 2 is 1.69 bits per heavy atom. The molecule has 0 aliphatic heterocycles. The summed E-state index contributed by atoms with van der Waals surface area (Å²) in [5.74, 6) is -1.75. The SMILES string of the molecule is Cc1cc(F)c(-n2c(C)c(C)sc2=NCCCC(F)(F)F)cc1SCC(F)(F)F. The largest absolute Gasteiger partial charge is 0.398 e. The molecule has 29 heavy (non-hydrogen) atoms. The van der Waals surface area contributed by atoms with Crippen LogP contribution in [0.5, 0.6) is 0 Å². The number of aromatic nitrogens is 1. The van der Waals surface area contributed by atoms with E-state index >= 15 is 0 Å². The molecule has 0 bridgehead atoms. The van der Waals surface area contributed by atoms with E-state index in [1.54, 1.807) is 13.8 Å². The molecule has 0 aliphatic rings. The summed E-state index contributed by atoms with van der Waals surface area (Å²) in [6.07, 6.45) is -9.83. The molecule has 162 valence electrons. The molecule has 0 fully saturated rings. The molecule has 2 nitrogen and oxygen atoms in total. The lowest BCUT2D eigenvalue weighted by Gasteiger charge is -2.13. The molecule has 2 aromatic rings. The molecule has 0 N–H and O–H groups in total. The van der Waals surface area contributed by atoms with Crippen LogP contribution in [0.1, 0.15) is 29.0 Å². The van der Waals surface area contributed by atoms with Crippen molar-refractivity contribution < 1.29 is 30.7 Å². The second kappa shape index (κ2) is 9.11. The molecule has 0 spiro atoms. The molecule has 0 amide bonds. The van der Waals surface area contributed by atoms with E-state index in [-0.39, 0.29) is 23.5 Å². The zero-order valence-corrected chi connectivity index (χ0v) is 17.5. The highest BCUT2D eigenvalue weighted by atomic mass is 32.2. The van der Waals surface area contributed by atoms with Crippen molar-refractivity contribution in [2.24, 2.45) is 4.99 Å². The van der Waals surface area contributed by atoms with Gasteiger partial charge in [0.1, 0.15) is 5.82 Å². The third-order valence-electron chi connectivity index (χ3n) is 4.02. The highest BCUT2D eigenvalue weighted by Crippen LogP contribution is 2.32. The fourth-order valence-electron chi connectivity index (χ4n) is 2.53. The minimum Gasteiger partial charge on any atom is -0.287 e. The maximum Gasteiger partial charge on any atom is 0.398 e. The molecule has 0 atom stereocenters. The first-order chi connectivity index (χ1) is 13.3. The average Bonchev–Trinajstić information content (AvgIpc) is 2.84. The fourth-order valence-corrected chi connectivity index (χ4v) is 4.32. The number of benzene rings is 1. The molecular weight excluding hydrogens is 441 g/mol. The van der Waals surface area contributed by atoms with Crippen LogP contribution < -0.4 is 4.80 Å². The summed E-state index contributed by atoms with van der Waals surface area (Å²) in [4.78, 5) is 5.53. The lowest BCUT2D eigenvalue weighted by molar-refractivity contribution is -0.135. The number of alkyl halides is 6. The number of halogens is 7. The van der Waals surface area contributed by atoms with Crippen LogP contribution in [0.2, 0.25) is 0 Å². The van der Waals surface area contributed by atoms with Gasteiger partial charge >= 0.3 is 12.4 Å². The van der Waals surface area contributed by atoms with Gasteiger partial charge in [-0.15, -0.1) is 23.1 Å². The first kappa shape index (κ1) is 23.8. The van der Waals surface area contributed by atoms with E-state index in [1.807, 2.05) is 0 Å². The van der Waals surface area contributed by atoms with Crippen LogP contribution in [0.15, 0.2) is 22.0 Å². The van der Waals surface area contributed by atoms with Crippen LogP contribution in [0.25, 0.3) is 5.69 Å². The van der Waals surface area contributed by atoms with Crippen LogP contribution in [0, 0.1) is 26.6 Å². The van der Waals surface area contributed by atoms with Crippen LogP contribution in [0.3, 0.4) is 0 Å². The summed E-state index contributed by atoms with van der Waals surface area (Å²) in [5.41, 5.74) is 1.02. The molecule has 0 unspecified atom stereocenters. The van der Waals surface area contributed by atoms with Crippen LogP contribution in [-0.4, -0.2) is 29.2 Å². The van der Waals surface area contributed by atoms with Crippen molar-refractivity contribution in [3.63, 3.8) is 0 Å². The normalized spacial score (nSPS) is 13.4. The predicted molar refractivity (Wildman–Crippen MR) is 100 cm³/mol. The van der Waals surface area contributed by atoms with Crippen molar-refractivity contribution in [1.82, 2.24) is 4.57 Å². The van der Waals surface area contributed by atoms with E-state index in [9.17, 15) is 30.7 Å². The first-order valence-corrected chi connectivity index (χ1v) is 10.3. The first-order valence-electron chi connectivity index (χ1n) is 8.55. The molecule has 1 aromatic heterocycles. The van der Waals surface area contributed by atoms with Gasteiger partial charge in [-0.3, -0.25) is 9.56 Å². The fraction of sp³-hybridized carbons (Fsp3) is 0.500. The average molecular weight is 460 g/mol. The Hall–Kier alpha value is -1.49. The summed E-state index contributed by atoms with van der Waals surface area (Å²) in [6, 6.07) is 2.48. The Morgan fingerprint density at radius 1 is 1.03 bits per heavy atom. The number of hydrogen-bond acceptors (Lipinski definition) is 3. The Labute approximate surface area is 171 Å². The predicted octanol–water partition coefficient (Wildman–Crippen LogP) is 6.50.